The van der Waals surface area contributed by atoms with E-state index in [1.165, 1.54) is 0 Å². The van der Waals surface area contributed by atoms with Crippen LogP contribution in [0.1, 0.15) is 24.5 Å². The van der Waals surface area contributed by atoms with Crippen LogP contribution in [0.4, 0.5) is 0 Å². The van der Waals surface area contributed by atoms with Crippen LogP contribution in [0.2, 0.25) is 0 Å². The van der Waals surface area contributed by atoms with Gasteiger partial charge in [-0.2, -0.15) is 0 Å². The first-order valence-corrected chi connectivity index (χ1v) is 6.86. The van der Waals surface area contributed by atoms with Crippen LogP contribution in [-0.2, 0) is 6.54 Å². The highest BCUT2D eigenvalue weighted by Crippen LogP contribution is 2.09. The summed E-state index contributed by atoms with van der Waals surface area (Å²) in [6.07, 6.45) is -0.331. The molecule has 0 fully saturated rings. The summed E-state index contributed by atoms with van der Waals surface area (Å²) in [4.78, 5) is 6.51. The molecule has 0 aliphatic heterocycles. The van der Waals surface area contributed by atoms with E-state index in [0.29, 0.717) is 19.1 Å². The Morgan fingerprint density at radius 1 is 1.53 bits per heavy atom. The van der Waals surface area contributed by atoms with Crippen LogP contribution in [0.5, 0.6) is 0 Å². The Hall–Kier alpha value is -0.490. The summed E-state index contributed by atoms with van der Waals surface area (Å²) in [7, 11) is 2.01. The van der Waals surface area contributed by atoms with Gasteiger partial charge >= 0.3 is 0 Å². The number of aliphatic hydroxyl groups is 1. The van der Waals surface area contributed by atoms with E-state index < -0.39 is 0 Å². The third kappa shape index (κ3) is 6.12. The van der Waals surface area contributed by atoms with E-state index in [4.69, 9.17) is 0 Å². The van der Waals surface area contributed by atoms with Gasteiger partial charge in [-0.3, -0.25) is 4.90 Å². The van der Waals surface area contributed by atoms with Crippen LogP contribution in [0.3, 0.4) is 0 Å². The van der Waals surface area contributed by atoms with Gasteiger partial charge < -0.3 is 10.4 Å². The van der Waals surface area contributed by atoms with E-state index in [2.05, 4.69) is 34.4 Å². The predicted molar refractivity (Wildman–Crippen MR) is 72.3 cm³/mol. The minimum Gasteiger partial charge on any atom is -0.390 e. The molecule has 0 saturated carbocycles. The highest BCUT2D eigenvalue weighted by molar-refractivity contribution is 7.09. The fourth-order valence-electron chi connectivity index (χ4n) is 1.62. The molecule has 0 aromatic carbocycles. The van der Waals surface area contributed by atoms with Crippen molar-refractivity contribution in [1.29, 1.82) is 0 Å². The van der Waals surface area contributed by atoms with Crippen molar-refractivity contribution in [2.24, 2.45) is 0 Å². The van der Waals surface area contributed by atoms with Gasteiger partial charge in [0.15, 0.2) is 0 Å². The van der Waals surface area contributed by atoms with Gasteiger partial charge in [0.25, 0.3) is 0 Å². The SMILES string of the molecule is Cc1nc(CN(C)CC(O)CNC(C)C)cs1. The predicted octanol–water partition coefficient (Wildman–Crippen LogP) is 1.24. The zero-order valence-corrected chi connectivity index (χ0v) is 11.9. The number of nitrogens with one attached hydrogen (secondary N) is 1. The number of rotatable bonds is 7. The fraction of sp³-hybridized carbons (Fsp3) is 0.750. The molecular weight excluding hydrogens is 234 g/mol. The van der Waals surface area contributed by atoms with E-state index in [-0.39, 0.29) is 6.10 Å². The monoisotopic (exact) mass is 257 g/mol. The maximum Gasteiger partial charge on any atom is 0.0897 e. The quantitative estimate of drug-likeness (QED) is 0.771. The average Bonchev–Trinajstić information content (AvgIpc) is 2.60. The molecule has 0 aliphatic rings. The van der Waals surface area contributed by atoms with E-state index >= 15 is 0 Å². The number of aliphatic hydroxyl groups excluding tert-OH is 1. The first kappa shape index (κ1) is 14.6. The molecule has 0 amide bonds. The second-order valence-electron chi connectivity index (χ2n) is 4.77. The van der Waals surface area contributed by atoms with Gasteiger partial charge in [0.1, 0.15) is 0 Å². The van der Waals surface area contributed by atoms with Gasteiger partial charge in [-0.1, -0.05) is 13.8 Å². The fourth-order valence-corrected chi connectivity index (χ4v) is 2.22. The zero-order valence-electron chi connectivity index (χ0n) is 11.1. The highest BCUT2D eigenvalue weighted by Gasteiger charge is 2.10. The summed E-state index contributed by atoms with van der Waals surface area (Å²) < 4.78 is 0. The zero-order chi connectivity index (χ0) is 12.8. The van der Waals surface area contributed by atoms with Gasteiger partial charge in [-0.15, -0.1) is 11.3 Å². The molecule has 0 saturated heterocycles. The smallest absolute Gasteiger partial charge is 0.0897 e. The standard InChI is InChI=1S/C12H23N3OS/c1-9(2)13-5-12(16)7-15(4)6-11-8-17-10(3)14-11/h8-9,12-13,16H,5-7H2,1-4H3. The lowest BCUT2D eigenvalue weighted by molar-refractivity contribution is 0.119. The molecule has 98 valence electrons. The molecule has 1 heterocycles. The maximum absolute atomic E-state index is 9.83. The minimum absolute atomic E-state index is 0.331. The third-order valence-corrected chi connectivity index (χ3v) is 3.20. The molecule has 17 heavy (non-hydrogen) atoms. The number of hydrogen-bond acceptors (Lipinski definition) is 5. The van der Waals surface area contributed by atoms with E-state index in [0.717, 1.165) is 17.2 Å². The Labute approximate surface area is 108 Å². The molecule has 4 nitrogen and oxygen atoms in total. The normalized spacial score (nSPS) is 13.6. The summed E-state index contributed by atoms with van der Waals surface area (Å²) in [5.41, 5.74) is 1.08. The molecule has 0 radical (unpaired) electrons. The van der Waals surface area contributed by atoms with Crippen molar-refractivity contribution in [1.82, 2.24) is 15.2 Å². The minimum atomic E-state index is -0.331. The molecule has 1 aromatic heterocycles. The van der Waals surface area contributed by atoms with Crippen LogP contribution in [0.15, 0.2) is 5.38 Å². The number of hydrogen-bond donors (Lipinski definition) is 2. The molecule has 0 spiro atoms. The summed E-state index contributed by atoms with van der Waals surface area (Å²) in [5.74, 6) is 0. The van der Waals surface area contributed by atoms with Gasteiger partial charge in [0, 0.05) is 31.1 Å². The van der Waals surface area contributed by atoms with Gasteiger partial charge in [-0.05, 0) is 14.0 Å². The molecule has 1 rings (SSSR count). The summed E-state index contributed by atoms with van der Waals surface area (Å²) in [5, 5.41) is 16.2. The first-order valence-electron chi connectivity index (χ1n) is 5.98. The van der Waals surface area contributed by atoms with E-state index in [1.807, 2.05) is 14.0 Å². The molecule has 1 aromatic rings. The van der Waals surface area contributed by atoms with Gasteiger partial charge in [0.2, 0.25) is 0 Å². The largest absolute Gasteiger partial charge is 0.390 e. The molecule has 5 heteroatoms. The van der Waals surface area contributed by atoms with Crippen molar-refractivity contribution in [2.75, 3.05) is 20.1 Å². The van der Waals surface area contributed by atoms with Crippen molar-refractivity contribution in [3.8, 4) is 0 Å². The third-order valence-electron chi connectivity index (χ3n) is 2.38. The summed E-state index contributed by atoms with van der Waals surface area (Å²) in [6, 6.07) is 0.413. The number of likely N-dealkylation sites (N-methyl/N-ethyl adjacent to an activating group) is 1. The van der Waals surface area contributed by atoms with E-state index in [9.17, 15) is 5.11 Å². The number of aromatic nitrogens is 1. The van der Waals surface area contributed by atoms with Crippen molar-refractivity contribution in [3.63, 3.8) is 0 Å². The van der Waals surface area contributed by atoms with E-state index in [1.54, 1.807) is 11.3 Å². The first-order chi connectivity index (χ1) is 7.97. The van der Waals surface area contributed by atoms with Crippen LogP contribution in [-0.4, -0.2) is 47.3 Å². The van der Waals surface area contributed by atoms with Crippen molar-refractivity contribution in [2.45, 2.75) is 39.5 Å². The highest BCUT2D eigenvalue weighted by atomic mass is 32.1. The molecule has 0 aliphatic carbocycles. The van der Waals surface area contributed by atoms with Gasteiger partial charge in [0.05, 0.1) is 16.8 Å². The second kappa shape index (κ2) is 7.06. The maximum atomic E-state index is 9.83. The second-order valence-corrected chi connectivity index (χ2v) is 5.83. The molecular formula is C12H23N3OS. The van der Waals surface area contributed by atoms with Gasteiger partial charge in [-0.25, -0.2) is 4.98 Å². The number of nitrogens with zero attached hydrogens (tertiary/aromatic N) is 2. The Kier molecular flexibility index (Phi) is 6.05. The van der Waals surface area contributed by atoms with Crippen molar-refractivity contribution < 1.29 is 5.11 Å². The lowest BCUT2D eigenvalue weighted by Gasteiger charge is -2.20. The number of aryl methyl sites for hydroxylation is 1. The summed E-state index contributed by atoms with van der Waals surface area (Å²) >= 11 is 1.67. The Balaban J connectivity index is 2.26. The Morgan fingerprint density at radius 2 is 2.24 bits per heavy atom. The van der Waals surface area contributed by atoms with Crippen LogP contribution >= 0.6 is 11.3 Å². The van der Waals surface area contributed by atoms with Crippen molar-refractivity contribution in [3.05, 3.63) is 16.1 Å². The molecule has 1 unspecified atom stereocenters. The summed E-state index contributed by atoms with van der Waals surface area (Å²) in [6.45, 7) is 8.26. The lowest BCUT2D eigenvalue weighted by atomic mass is 10.3. The Morgan fingerprint density at radius 3 is 2.76 bits per heavy atom. The lowest BCUT2D eigenvalue weighted by Crippen LogP contribution is -2.38. The average molecular weight is 257 g/mol. The van der Waals surface area contributed by atoms with Crippen molar-refractivity contribution >= 4 is 11.3 Å². The number of thiazole rings is 1. The van der Waals surface area contributed by atoms with Crippen LogP contribution in [0, 0.1) is 6.92 Å². The molecule has 2 N–H and O–H groups in total. The van der Waals surface area contributed by atoms with Crippen LogP contribution in [0.25, 0.3) is 0 Å². The topological polar surface area (TPSA) is 48.4 Å². The Bertz CT molecular complexity index is 327. The molecule has 1 atom stereocenters. The molecule has 0 bridgehead atoms. The van der Waals surface area contributed by atoms with Crippen LogP contribution < -0.4 is 5.32 Å².